The lowest BCUT2D eigenvalue weighted by molar-refractivity contribution is 0.0280. The first-order valence-corrected chi connectivity index (χ1v) is 6.53. The number of rotatable bonds is 3. The first-order valence-electron chi connectivity index (χ1n) is 6.53. The summed E-state index contributed by atoms with van der Waals surface area (Å²) >= 11 is 0. The SMILES string of the molecule is CC1CCN(C(C)(CN)C2CC2)CC1C. The van der Waals surface area contributed by atoms with Crippen molar-refractivity contribution >= 4 is 0 Å². The van der Waals surface area contributed by atoms with Crippen LogP contribution in [-0.2, 0) is 0 Å². The van der Waals surface area contributed by atoms with Crippen molar-refractivity contribution in [2.24, 2.45) is 23.5 Å². The molecule has 0 bridgehead atoms. The minimum atomic E-state index is 0.300. The van der Waals surface area contributed by atoms with Crippen LogP contribution < -0.4 is 5.73 Å². The molecule has 88 valence electrons. The van der Waals surface area contributed by atoms with Gasteiger partial charge in [-0.2, -0.15) is 0 Å². The Morgan fingerprint density at radius 2 is 1.87 bits per heavy atom. The number of hydrogen-bond acceptors (Lipinski definition) is 2. The van der Waals surface area contributed by atoms with E-state index in [1.807, 2.05) is 0 Å². The zero-order valence-electron chi connectivity index (χ0n) is 10.5. The van der Waals surface area contributed by atoms with Gasteiger partial charge in [0.2, 0.25) is 0 Å². The molecule has 2 heteroatoms. The average molecular weight is 210 g/mol. The fourth-order valence-corrected chi connectivity index (χ4v) is 2.99. The number of nitrogens with zero attached hydrogens (tertiary/aromatic N) is 1. The number of likely N-dealkylation sites (tertiary alicyclic amines) is 1. The van der Waals surface area contributed by atoms with Crippen LogP contribution in [0.15, 0.2) is 0 Å². The summed E-state index contributed by atoms with van der Waals surface area (Å²) in [5.41, 5.74) is 6.32. The molecule has 2 nitrogen and oxygen atoms in total. The van der Waals surface area contributed by atoms with Crippen molar-refractivity contribution in [1.82, 2.24) is 4.90 Å². The van der Waals surface area contributed by atoms with E-state index in [2.05, 4.69) is 25.7 Å². The van der Waals surface area contributed by atoms with Crippen LogP contribution in [0.4, 0.5) is 0 Å². The standard InChI is InChI=1S/C13H26N2/c1-10-6-7-15(8-11(10)2)13(3,9-14)12-4-5-12/h10-12H,4-9,14H2,1-3H3. The molecular formula is C13H26N2. The van der Waals surface area contributed by atoms with Gasteiger partial charge in [0.15, 0.2) is 0 Å². The van der Waals surface area contributed by atoms with E-state index < -0.39 is 0 Å². The maximum atomic E-state index is 6.02. The molecule has 0 spiro atoms. The van der Waals surface area contributed by atoms with Crippen molar-refractivity contribution in [1.29, 1.82) is 0 Å². The van der Waals surface area contributed by atoms with Crippen molar-refractivity contribution in [3.63, 3.8) is 0 Å². The van der Waals surface area contributed by atoms with Gasteiger partial charge < -0.3 is 5.73 Å². The Morgan fingerprint density at radius 1 is 1.20 bits per heavy atom. The number of piperidine rings is 1. The summed E-state index contributed by atoms with van der Waals surface area (Å²) in [7, 11) is 0. The van der Waals surface area contributed by atoms with Crippen LogP contribution in [0, 0.1) is 17.8 Å². The Kier molecular flexibility index (Phi) is 3.09. The van der Waals surface area contributed by atoms with E-state index in [-0.39, 0.29) is 0 Å². The van der Waals surface area contributed by atoms with Gasteiger partial charge in [-0.3, -0.25) is 4.90 Å². The van der Waals surface area contributed by atoms with Crippen molar-refractivity contribution in [2.75, 3.05) is 19.6 Å². The van der Waals surface area contributed by atoms with E-state index in [9.17, 15) is 0 Å². The zero-order chi connectivity index (χ0) is 11.1. The molecule has 2 rings (SSSR count). The third kappa shape index (κ3) is 2.07. The Hall–Kier alpha value is -0.0800. The molecule has 2 N–H and O–H groups in total. The summed E-state index contributed by atoms with van der Waals surface area (Å²) in [6.45, 7) is 10.5. The molecule has 1 saturated carbocycles. The highest BCUT2D eigenvalue weighted by atomic mass is 15.2. The van der Waals surface area contributed by atoms with Gasteiger partial charge in [0.25, 0.3) is 0 Å². The largest absolute Gasteiger partial charge is 0.329 e. The van der Waals surface area contributed by atoms with Gasteiger partial charge in [-0.1, -0.05) is 13.8 Å². The molecule has 0 aromatic rings. The Balaban J connectivity index is 2.02. The molecule has 3 unspecified atom stereocenters. The molecule has 1 aliphatic heterocycles. The highest BCUT2D eigenvalue weighted by molar-refractivity contribution is 5.01. The predicted octanol–water partition coefficient (Wildman–Crippen LogP) is 2.09. The van der Waals surface area contributed by atoms with Crippen LogP contribution in [0.3, 0.4) is 0 Å². The molecule has 2 fully saturated rings. The lowest BCUT2D eigenvalue weighted by Gasteiger charge is -2.47. The minimum Gasteiger partial charge on any atom is -0.329 e. The zero-order valence-corrected chi connectivity index (χ0v) is 10.5. The van der Waals surface area contributed by atoms with E-state index in [4.69, 9.17) is 5.73 Å². The second-order valence-electron chi connectivity index (χ2n) is 6.02. The van der Waals surface area contributed by atoms with E-state index in [1.165, 1.54) is 32.4 Å². The molecule has 0 aromatic heterocycles. The van der Waals surface area contributed by atoms with E-state index in [0.29, 0.717) is 5.54 Å². The maximum absolute atomic E-state index is 6.02. The molecule has 0 radical (unpaired) electrons. The molecule has 0 aromatic carbocycles. The monoisotopic (exact) mass is 210 g/mol. The van der Waals surface area contributed by atoms with Crippen LogP contribution in [0.5, 0.6) is 0 Å². The molecule has 15 heavy (non-hydrogen) atoms. The second kappa shape index (κ2) is 4.06. The topological polar surface area (TPSA) is 29.3 Å². The van der Waals surface area contributed by atoms with Crippen molar-refractivity contribution in [3.8, 4) is 0 Å². The highest BCUT2D eigenvalue weighted by Crippen LogP contribution is 2.44. The summed E-state index contributed by atoms with van der Waals surface area (Å²) in [5.74, 6) is 2.61. The van der Waals surface area contributed by atoms with Gasteiger partial charge >= 0.3 is 0 Å². The Morgan fingerprint density at radius 3 is 2.33 bits per heavy atom. The van der Waals surface area contributed by atoms with Crippen LogP contribution >= 0.6 is 0 Å². The average Bonchev–Trinajstić information content (AvgIpc) is 3.04. The molecular weight excluding hydrogens is 184 g/mol. The van der Waals surface area contributed by atoms with E-state index in [1.54, 1.807) is 0 Å². The summed E-state index contributed by atoms with van der Waals surface area (Å²) in [5, 5.41) is 0. The van der Waals surface area contributed by atoms with Crippen LogP contribution in [0.2, 0.25) is 0 Å². The van der Waals surface area contributed by atoms with Crippen molar-refractivity contribution in [3.05, 3.63) is 0 Å². The smallest absolute Gasteiger partial charge is 0.0331 e. The molecule has 2 aliphatic rings. The van der Waals surface area contributed by atoms with E-state index >= 15 is 0 Å². The highest BCUT2D eigenvalue weighted by Gasteiger charge is 2.45. The summed E-state index contributed by atoms with van der Waals surface area (Å²) in [4.78, 5) is 2.68. The molecule has 3 atom stereocenters. The van der Waals surface area contributed by atoms with Crippen molar-refractivity contribution in [2.45, 2.75) is 45.6 Å². The molecule has 1 saturated heterocycles. The van der Waals surface area contributed by atoms with Gasteiger partial charge in [0.05, 0.1) is 0 Å². The Bertz CT molecular complexity index is 225. The predicted molar refractivity (Wildman–Crippen MR) is 64.7 cm³/mol. The lowest BCUT2D eigenvalue weighted by atomic mass is 9.83. The van der Waals surface area contributed by atoms with Gasteiger partial charge in [0, 0.05) is 18.6 Å². The van der Waals surface area contributed by atoms with E-state index in [0.717, 1.165) is 24.3 Å². The maximum Gasteiger partial charge on any atom is 0.0331 e. The number of hydrogen-bond donors (Lipinski definition) is 1. The Labute approximate surface area is 94.2 Å². The van der Waals surface area contributed by atoms with Gasteiger partial charge in [-0.15, -0.1) is 0 Å². The normalized spacial score (nSPS) is 37.6. The quantitative estimate of drug-likeness (QED) is 0.773. The molecule has 1 aliphatic carbocycles. The molecule has 0 amide bonds. The lowest BCUT2D eigenvalue weighted by Crippen LogP contribution is -2.57. The van der Waals surface area contributed by atoms with Crippen LogP contribution in [0.1, 0.15) is 40.0 Å². The van der Waals surface area contributed by atoms with Gasteiger partial charge in [-0.05, 0) is 50.5 Å². The summed E-state index contributed by atoms with van der Waals surface area (Å²) in [6, 6.07) is 0. The number of nitrogens with two attached hydrogens (primary N) is 1. The van der Waals surface area contributed by atoms with Gasteiger partial charge in [-0.25, -0.2) is 0 Å². The molecule has 1 heterocycles. The van der Waals surface area contributed by atoms with Crippen LogP contribution in [0.25, 0.3) is 0 Å². The fraction of sp³-hybridized carbons (Fsp3) is 1.00. The fourth-order valence-electron chi connectivity index (χ4n) is 2.99. The summed E-state index contributed by atoms with van der Waals surface area (Å²) < 4.78 is 0. The van der Waals surface area contributed by atoms with Gasteiger partial charge in [0.1, 0.15) is 0 Å². The third-order valence-corrected chi connectivity index (χ3v) is 4.93. The van der Waals surface area contributed by atoms with Crippen molar-refractivity contribution < 1.29 is 0 Å². The van der Waals surface area contributed by atoms with Crippen LogP contribution in [-0.4, -0.2) is 30.1 Å². The minimum absolute atomic E-state index is 0.300. The second-order valence-corrected chi connectivity index (χ2v) is 6.02. The first-order chi connectivity index (χ1) is 7.08. The first kappa shape index (κ1) is 11.4. The summed E-state index contributed by atoms with van der Waals surface area (Å²) in [6.07, 6.45) is 4.14. The third-order valence-electron chi connectivity index (χ3n) is 4.93.